The molecule has 2 heterocycles. The number of rotatable bonds is 4. The summed E-state index contributed by atoms with van der Waals surface area (Å²) in [5.41, 5.74) is 1.07. The van der Waals surface area contributed by atoms with Crippen molar-refractivity contribution in [2.75, 3.05) is 6.61 Å². The Labute approximate surface area is 139 Å². The zero-order valence-electron chi connectivity index (χ0n) is 12.8. The molecule has 0 aliphatic heterocycles. The molecule has 3 rings (SSSR count). The summed E-state index contributed by atoms with van der Waals surface area (Å²) < 4.78 is 0. The summed E-state index contributed by atoms with van der Waals surface area (Å²) in [6.07, 6.45) is 10.1. The van der Waals surface area contributed by atoms with Crippen molar-refractivity contribution in [3.8, 4) is 10.7 Å². The van der Waals surface area contributed by atoms with Gasteiger partial charge in [-0.15, -0.1) is 11.3 Å². The molecular formula is C16H20N4O2S. The van der Waals surface area contributed by atoms with Crippen LogP contribution in [0.5, 0.6) is 0 Å². The van der Waals surface area contributed by atoms with Crippen LogP contribution in [0.15, 0.2) is 24.0 Å². The highest BCUT2D eigenvalue weighted by Gasteiger charge is 2.25. The molecule has 0 aromatic carbocycles. The maximum atomic E-state index is 12.4. The van der Waals surface area contributed by atoms with Crippen LogP contribution < -0.4 is 5.32 Å². The van der Waals surface area contributed by atoms with Crippen LogP contribution in [0.4, 0.5) is 0 Å². The molecule has 2 unspecified atom stereocenters. The molecule has 2 N–H and O–H groups in total. The Balaban J connectivity index is 1.69. The molecule has 1 amide bonds. The van der Waals surface area contributed by atoms with E-state index in [0.29, 0.717) is 16.4 Å². The molecule has 2 aromatic heterocycles. The van der Waals surface area contributed by atoms with Crippen LogP contribution in [-0.2, 0) is 0 Å². The predicted octanol–water partition coefficient (Wildman–Crippen LogP) is 2.27. The van der Waals surface area contributed by atoms with E-state index in [1.54, 1.807) is 24.0 Å². The number of thiazole rings is 1. The van der Waals surface area contributed by atoms with Crippen molar-refractivity contribution >= 4 is 17.2 Å². The van der Waals surface area contributed by atoms with E-state index < -0.39 is 0 Å². The van der Waals surface area contributed by atoms with Gasteiger partial charge in [0.05, 0.1) is 6.20 Å². The molecule has 2 aromatic rings. The lowest BCUT2D eigenvalue weighted by Crippen LogP contribution is -2.41. The van der Waals surface area contributed by atoms with Crippen molar-refractivity contribution in [1.29, 1.82) is 0 Å². The average molecular weight is 332 g/mol. The fraction of sp³-hybridized carbons (Fsp3) is 0.500. The van der Waals surface area contributed by atoms with Crippen LogP contribution in [-0.4, -0.2) is 38.6 Å². The van der Waals surface area contributed by atoms with E-state index in [0.717, 1.165) is 32.1 Å². The summed E-state index contributed by atoms with van der Waals surface area (Å²) in [5, 5.41) is 15.0. The van der Waals surface area contributed by atoms with Gasteiger partial charge in [-0.05, 0) is 12.8 Å². The van der Waals surface area contributed by atoms with Gasteiger partial charge in [0.1, 0.15) is 16.4 Å². The Hall–Kier alpha value is -1.86. The molecule has 0 spiro atoms. The third-order valence-electron chi connectivity index (χ3n) is 4.23. The van der Waals surface area contributed by atoms with Crippen molar-refractivity contribution in [1.82, 2.24) is 20.3 Å². The fourth-order valence-corrected chi connectivity index (χ4v) is 3.70. The first-order valence-corrected chi connectivity index (χ1v) is 8.79. The van der Waals surface area contributed by atoms with Gasteiger partial charge in [0.25, 0.3) is 5.91 Å². The lowest BCUT2D eigenvalue weighted by molar-refractivity contribution is 0.0895. The zero-order valence-corrected chi connectivity index (χ0v) is 13.6. The molecule has 1 aliphatic rings. The summed E-state index contributed by atoms with van der Waals surface area (Å²) in [6, 6.07) is 0.0247. The molecule has 0 saturated heterocycles. The van der Waals surface area contributed by atoms with Crippen LogP contribution in [0.25, 0.3) is 10.7 Å². The average Bonchev–Trinajstić information content (AvgIpc) is 2.98. The van der Waals surface area contributed by atoms with Gasteiger partial charge in [-0.25, -0.2) is 4.98 Å². The third-order valence-corrected chi connectivity index (χ3v) is 5.09. The van der Waals surface area contributed by atoms with Gasteiger partial charge >= 0.3 is 0 Å². The van der Waals surface area contributed by atoms with Crippen molar-refractivity contribution < 1.29 is 9.90 Å². The van der Waals surface area contributed by atoms with Gasteiger partial charge < -0.3 is 10.4 Å². The molecule has 0 radical (unpaired) electrons. The van der Waals surface area contributed by atoms with Crippen LogP contribution in [0.2, 0.25) is 0 Å². The lowest BCUT2D eigenvalue weighted by Gasteiger charge is -2.24. The van der Waals surface area contributed by atoms with Crippen molar-refractivity contribution in [3.63, 3.8) is 0 Å². The van der Waals surface area contributed by atoms with Gasteiger partial charge in [0.15, 0.2) is 0 Å². The van der Waals surface area contributed by atoms with Crippen LogP contribution in [0.3, 0.4) is 0 Å². The second kappa shape index (κ2) is 7.61. The molecule has 1 aliphatic carbocycles. The SMILES string of the molecule is O=C(NC1CCCCCC1CO)c1csc(-c2cnccn2)n1. The smallest absolute Gasteiger partial charge is 0.271 e. The molecule has 6 nitrogen and oxygen atoms in total. The standard InChI is InChI=1S/C16H20N4O2S/c21-9-11-4-2-1-3-5-12(11)19-15(22)14-10-23-16(20-14)13-8-17-6-7-18-13/h6-8,10-12,21H,1-5,9H2,(H,19,22). The summed E-state index contributed by atoms with van der Waals surface area (Å²) in [4.78, 5) is 25.0. The Morgan fingerprint density at radius 3 is 2.96 bits per heavy atom. The summed E-state index contributed by atoms with van der Waals surface area (Å²) in [5.74, 6) is -0.0405. The van der Waals surface area contributed by atoms with Crippen LogP contribution in [0.1, 0.15) is 42.6 Å². The second-order valence-electron chi connectivity index (χ2n) is 5.79. The van der Waals surface area contributed by atoms with E-state index in [1.165, 1.54) is 11.3 Å². The first kappa shape index (κ1) is 16.0. The van der Waals surface area contributed by atoms with Gasteiger partial charge in [-0.2, -0.15) is 0 Å². The van der Waals surface area contributed by atoms with E-state index >= 15 is 0 Å². The van der Waals surface area contributed by atoms with Crippen molar-refractivity contribution in [3.05, 3.63) is 29.7 Å². The number of nitrogens with one attached hydrogen (secondary N) is 1. The Kier molecular flexibility index (Phi) is 5.30. The summed E-state index contributed by atoms with van der Waals surface area (Å²) in [6.45, 7) is 0.118. The van der Waals surface area contributed by atoms with Gasteiger partial charge in [-0.1, -0.05) is 19.3 Å². The predicted molar refractivity (Wildman–Crippen MR) is 88.1 cm³/mol. The van der Waals surface area contributed by atoms with Gasteiger partial charge in [-0.3, -0.25) is 14.8 Å². The largest absolute Gasteiger partial charge is 0.396 e. The minimum atomic E-state index is -0.179. The van der Waals surface area contributed by atoms with Gasteiger partial charge in [0.2, 0.25) is 0 Å². The number of hydrogen-bond donors (Lipinski definition) is 2. The maximum absolute atomic E-state index is 12.4. The number of nitrogens with zero attached hydrogens (tertiary/aromatic N) is 3. The normalized spacial score (nSPS) is 21.6. The number of hydrogen-bond acceptors (Lipinski definition) is 6. The van der Waals surface area contributed by atoms with Crippen LogP contribution >= 0.6 is 11.3 Å². The minimum Gasteiger partial charge on any atom is -0.396 e. The quantitative estimate of drug-likeness (QED) is 0.839. The maximum Gasteiger partial charge on any atom is 0.271 e. The van der Waals surface area contributed by atoms with Gasteiger partial charge in [0, 0.05) is 36.3 Å². The first-order valence-electron chi connectivity index (χ1n) is 7.91. The highest BCUT2D eigenvalue weighted by atomic mass is 32.1. The number of aliphatic hydroxyl groups is 1. The monoisotopic (exact) mass is 332 g/mol. The lowest BCUT2D eigenvalue weighted by atomic mass is 9.95. The molecule has 122 valence electrons. The topological polar surface area (TPSA) is 88.0 Å². The number of carbonyl (C=O) groups excluding carboxylic acids is 1. The molecule has 2 atom stereocenters. The molecular weight excluding hydrogens is 312 g/mol. The fourth-order valence-electron chi connectivity index (χ4n) is 2.94. The second-order valence-corrected chi connectivity index (χ2v) is 6.65. The molecule has 1 fully saturated rings. The highest BCUT2D eigenvalue weighted by molar-refractivity contribution is 7.13. The molecule has 23 heavy (non-hydrogen) atoms. The number of aromatic nitrogens is 3. The van der Waals surface area contributed by atoms with Crippen molar-refractivity contribution in [2.45, 2.75) is 38.1 Å². The first-order chi connectivity index (χ1) is 11.3. The number of carbonyl (C=O) groups is 1. The van der Waals surface area contributed by atoms with E-state index in [2.05, 4.69) is 20.3 Å². The Morgan fingerprint density at radius 2 is 2.17 bits per heavy atom. The summed E-state index contributed by atoms with van der Waals surface area (Å²) >= 11 is 1.38. The van der Waals surface area contributed by atoms with E-state index in [1.807, 2.05) is 0 Å². The summed E-state index contributed by atoms with van der Waals surface area (Å²) in [7, 11) is 0. The Bertz CT molecular complexity index is 647. The van der Waals surface area contributed by atoms with Crippen molar-refractivity contribution in [2.24, 2.45) is 5.92 Å². The number of amides is 1. The zero-order chi connectivity index (χ0) is 16.1. The molecule has 7 heteroatoms. The highest BCUT2D eigenvalue weighted by Crippen LogP contribution is 2.24. The number of aliphatic hydroxyl groups excluding tert-OH is 1. The van der Waals surface area contributed by atoms with Crippen LogP contribution in [0, 0.1) is 5.92 Å². The van der Waals surface area contributed by atoms with E-state index in [9.17, 15) is 9.90 Å². The van der Waals surface area contributed by atoms with E-state index in [4.69, 9.17) is 0 Å². The third kappa shape index (κ3) is 3.92. The van der Waals surface area contributed by atoms with E-state index in [-0.39, 0.29) is 24.5 Å². The molecule has 0 bridgehead atoms. The Morgan fingerprint density at radius 1 is 1.30 bits per heavy atom. The molecule has 1 saturated carbocycles. The minimum absolute atomic E-state index is 0.0247.